The molecule has 1 aliphatic rings. The number of aromatic amines is 1. The van der Waals surface area contributed by atoms with E-state index in [0.717, 1.165) is 6.20 Å². The molecule has 186 valence electrons. The van der Waals surface area contributed by atoms with Crippen LogP contribution >= 0.6 is 0 Å². The number of hydrogen-bond donors (Lipinski definition) is 6. The number of aliphatic hydroxyl groups excluding tert-OH is 1. The lowest BCUT2D eigenvalue weighted by Crippen LogP contribution is -2.72. The first-order chi connectivity index (χ1) is 16.6. The van der Waals surface area contributed by atoms with E-state index in [1.54, 1.807) is 48.5 Å². The first-order valence-electron chi connectivity index (χ1n) is 10.6. The fourth-order valence-electron chi connectivity index (χ4n) is 4.10. The average molecular weight is 489 g/mol. The van der Waals surface area contributed by atoms with E-state index in [2.05, 4.69) is 0 Å². The van der Waals surface area contributed by atoms with E-state index < -0.39 is 48.0 Å². The molecule has 0 amide bonds. The molecule has 1 fully saturated rings. The third-order valence-electron chi connectivity index (χ3n) is 6.02. The summed E-state index contributed by atoms with van der Waals surface area (Å²) in [7, 11) is 0. The molecule has 0 unspecified atom stereocenters. The van der Waals surface area contributed by atoms with Gasteiger partial charge in [0.15, 0.2) is 0 Å². The summed E-state index contributed by atoms with van der Waals surface area (Å²) in [5, 5.41) is 53.4. The summed E-state index contributed by atoms with van der Waals surface area (Å²) in [5.74, 6) is -7.48. The van der Waals surface area contributed by atoms with Crippen LogP contribution in [0.15, 0.2) is 76.4 Å². The van der Waals surface area contributed by atoms with Crippen molar-refractivity contribution in [2.24, 2.45) is 0 Å². The van der Waals surface area contributed by atoms with Crippen molar-refractivity contribution in [2.45, 2.75) is 30.0 Å². The highest BCUT2D eigenvalue weighted by molar-refractivity contribution is 5.61. The first-order valence-corrected chi connectivity index (χ1v) is 10.6. The van der Waals surface area contributed by atoms with E-state index in [1.807, 2.05) is 4.98 Å². The van der Waals surface area contributed by atoms with Gasteiger partial charge in [-0.3, -0.25) is 9.78 Å². The van der Waals surface area contributed by atoms with Gasteiger partial charge in [0.25, 0.3) is 17.1 Å². The van der Waals surface area contributed by atoms with E-state index >= 15 is 4.39 Å². The molecule has 0 bridgehead atoms. The van der Waals surface area contributed by atoms with E-state index in [1.165, 1.54) is 12.1 Å². The predicted octanol–water partition coefficient (Wildman–Crippen LogP) is -0.522. The zero-order valence-electron chi connectivity index (χ0n) is 18.3. The molecular formula is C23H24FN3O8. The highest BCUT2D eigenvalue weighted by atomic mass is 19.2. The number of nitrogens with zero attached hydrogens (tertiary/aromatic N) is 2. The minimum Gasteiger partial charge on any atom is -0.393 e. The molecule has 2 heterocycles. The summed E-state index contributed by atoms with van der Waals surface area (Å²) in [4.78, 5) is 27.1. The Hall–Kier alpha value is -3.23. The second-order valence-electron chi connectivity index (χ2n) is 8.14. The normalized spacial score (nSPS) is 28.5. The Labute approximate surface area is 197 Å². The molecule has 35 heavy (non-hydrogen) atoms. The van der Waals surface area contributed by atoms with Crippen molar-refractivity contribution < 1.29 is 34.8 Å². The Balaban J connectivity index is 1.84. The van der Waals surface area contributed by atoms with Crippen molar-refractivity contribution in [1.82, 2.24) is 14.6 Å². The monoisotopic (exact) mass is 489 g/mol. The maximum atomic E-state index is 15.6. The molecular weight excluding hydrogens is 465 g/mol. The van der Waals surface area contributed by atoms with Gasteiger partial charge in [0.2, 0.25) is 0 Å². The quantitative estimate of drug-likeness (QED) is 0.189. The van der Waals surface area contributed by atoms with Crippen LogP contribution in [0.5, 0.6) is 0 Å². The summed E-state index contributed by atoms with van der Waals surface area (Å²) in [6, 6.07) is 16.4. The van der Waals surface area contributed by atoms with Crippen molar-refractivity contribution in [2.75, 3.05) is 13.2 Å². The maximum absolute atomic E-state index is 15.6. The third-order valence-corrected chi connectivity index (χ3v) is 6.02. The number of halogens is 1. The number of rotatable bonds is 7. The zero-order valence-corrected chi connectivity index (χ0v) is 18.3. The van der Waals surface area contributed by atoms with Gasteiger partial charge in [-0.25, -0.2) is 13.8 Å². The number of nitrogens with one attached hydrogen (secondary N) is 1. The minimum absolute atomic E-state index is 0.0192. The van der Waals surface area contributed by atoms with Gasteiger partial charge < -0.3 is 30.4 Å². The summed E-state index contributed by atoms with van der Waals surface area (Å²) < 4.78 is 20.9. The number of aliphatic hydroxyl groups is 4. The Bertz CT molecular complexity index is 1300. The van der Waals surface area contributed by atoms with Crippen LogP contribution in [0.3, 0.4) is 0 Å². The van der Waals surface area contributed by atoms with Crippen LogP contribution < -0.4 is 11.2 Å². The van der Waals surface area contributed by atoms with Crippen molar-refractivity contribution in [1.29, 1.82) is 0 Å². The molecule has 1 aliphatic heterocycles. The van der Waals surface area contributed by atoms with Gasteiger partial charge in [0.1, 0.15) is 6.10 Å². The van der Waals surface area contributed by atoms with Crippen molar-refractivity contribution >= 4 is 0 Å². The predicted molar refractivity (Wildman–Crippen MR) is 119 cm³/mol. The highest BCUT2D eigenvalue weighted by Crippen LogP contribution is 2.50. The summed E-state index contributed by atoms with van der Waals surface area (Å²) in [5.41, 5.74) is -5.15. The third kappa shape index (κ3) is 3.90. The smallest absolute Gasteiger partial charge is 0.332 e. The number of hydrogen-bond acceptors (Lipinski definition) is 9. The lowest BCUT2D eigenvalue weighted by atomic mass is 9.97. The van der Waals surface area contributed by atoms with Gasteiger partial charge >= 0.3 is 11.6 Å². The van der Waals surface area contributed by atoms with E-state index in [0.29, 0.717) is 11.1 Å². The molecule has 12 heteroatoms. The minimum atomic E-state index is -3.98. The Morgan fingerprint density at radius 1 is 1.03 bits per heavy atom. The maximum Gasteiger partial charge on any atom is 0.332 e. The standard InChI is InChI=1S/C23H24FN3O8/c24-21(31)18(14-28)35-23(33,22(21,32)27(34)12-11-15-7-3-1-4-8-15)26-13-17(19(29)25-20(26)30)16-9-5-2-6-10-16/h1-10,13,18,28,31-34H,11-12,14H2,(H,25,29,30)/t18-,21-,22-,23-/m1/s1. The summed E-state index contributed by atoms with van der Waals surface area (Å²) in [6.07, 6.45) is -1.48. The molecule has 1 saturated heterocycles. The fourth-order valence-corrected chi connectivity index (χ4v) is 4.10. The van der Waals surface area contributed by atoms with Crippen LogP contribution in [-0.2, 0) is 17.1 Å². The first kappa shape index (κ1) is 24.9. The molecule has 0 spiro atoms. The van der Waals surface area contributed by atoms with Gasteiger partial charge in [-0.05, 0) is 17.5 Å². The lowest BCUT2D eigenvalue weighted by Gasteiger charge is -2.43. The lowest BCUT2D eigenvalue weighted by molar-refractivity contribution is -0.433. The second kappa shape index (κ2) is 9.09. The van der Waals surface area contributed by atoms with Crippen LogP contribution in [0, 0.1) is 0 Å². The van der Waals surface area contributed by atoms with Gasteiger partial charge in [-0.2, -0.15) is 0 Å². The molecule has 4 atom stereocenters. The van der Waals surface area contributed by atoms with E-state index in [-0.39, 0.29) is 21.6 Å². The Morgan fingerprint density at radius 2 is 1.63 bits per heavy atom. The molecule has 4 rings (SSSR count). The van der Waals surface area contributed by atoms with Crippen molar-refractivity contribution in [3.63, 3.8) is 0 Å². The summed E-state index contributed by atoms with van der Waals surface area (Å²) >= 11 is 0. The number of H-pyrrole nitrogens is 1. The molecule has 0 aliphatic carbocycles. The van der Waals surface area contributed by atoms with Crippen LogP contribution in [-0.4, -0.2) is 71.1 Å². The average Bonchev–Trinajstić information content (AvgIpc) is 3.01. The molecule has 3 aromatic rings. The van der Waals surface area contributed by atoms with Gasteiger partial charge in [0, 0.05) is 12.7 Å². The van der Waals surface area contributed by atoms with Crippen molar-refractivity contribution in [3.8, 4) is 11.1 Å². The van der Waals surface area contributed by atoms with Crippen LogP contribution in [0.1, 0.15) is 5.56 Å². The molecule has 0 saturated carbocycles. The van der Waals surface area contributed by atoms with Gasteiger partial charge in [-0.15, -0.1) is 5.06 Å². The van der Waals surface area contributed by atoms with Crippen LogP contribution in [0.4, 0.5) is 4.39 Å². The SMILES string of the molecule is O=c1[nH]c(=O)n([C@]2(O)O[C@H](CO)[C@](O)(F)[C@]2(O)N(O)CCc2ccccc2)cc1-c1ccccc1. The van der Waals surface area contributed by atoms with Gasteiger partial charge in [0.05, 0.1) is 12.2 Å². The zero-order chi connectivity index (χ0) is 25.4. The van der Waals surface area contributed by atoms with Crippen LogP contribution in [0.25, 0.3) is 11.1 Å². The number of alkyl halides is 1. The largest absolute Gasteiger partial charge is 0.393 e. The molecule has 2 aromatic carbocycles. The molecule has 6 N–H and O–H groups in total. The topological polar surface area (TPSA) is 168 Å². The number of hydroxylamine groups is 2. The number of aromatic nitrogens is 2. The fraction of sp³-hybridized carbons (Fsp3) is 0.304. The van der Waals surface area contributed by atoms with Gasteiger partial charge in [-0.1, -0.05) is 60.7 Å². The van der Waals surface area contributed by atoms with E-state index in [4.69, 9.17) is 4.74 Å². The summed E-state index contributed by atoms with van der Waals surface area (Å²) in [6.45, 7) is -1.78. The number of ether oxygens (including phenoxy) is 1. The Morgan fingerprint density at radius 3 is 2.23 bits per heavy atom. The Kier molecular flexibility index (Phi) is 6.46. The van der Waals surface area contributed by atoms with Crippen LogP contribution in [0.2, 0.25) is 0 Å². The highest BCUT2D eigenvalue weighted by Gasteiger charge is 2.79. The van der Waals surface area contributed by atoms with E-state index in [9.17, 15) is 35.2 Å². The second-order valence-corrected chi connectivity index (χ2v) is 8.14. The molecule has 0 radical (unpaired) electrons. The molecule has 11 nitrogen and oxygen atoms in total. The van der Waals surface area contributed by atoms with Crippen molar-refractivity contribution in [3.05, 3.63) is 93.3 Å². The number of benzene rings is 2. The molecule has 1 aromatic heterocycles.